The first-order valence-corrected chi connectivity index (χ1v) is 10.2. The van der Waals surface area contributed by atoms with Gasteiger partial charge in [-0.2, -0.15) is 0 Å². The van der Waals surface area contributed by atoms with E-state index >= 15 is 0 Å². The van der Waals surface area contributed by atoms with E-state index in [9.17, 15) is 9.18 Å². The zero-order valence-corrected chi connectivity index (χ0v) is 17.5. The van der Waals surface area contributed by atoms with Gasteiger partial charge < -0.3 is 15.0 Å². The van der Waals surface area contributed by atoms with Crippen LogP contribution in [0.5, 0.6) is 5.88 Å². The summed E-state index contributed by atoms with van der Waals surface area (Å²) in [5, 5.41) is 3.29. The number of aromatic nitrogens is 3. The number of anilines is 1. The van der Waals surface area contributed by atoms with Crippen molar-refractivity contribution in [1.82, 2.24) is 19.9 Å². The van der Waals surface area contributed by atoms with E-state index in [0.29, 0.717) is 30.5 Å². The minimum atomic E-state index is -0.485. The van der Waals surface area contributed by atoms with Gasteiger partial charge in [0.2, 0.25) is 17.7 Å². The lowest BCUT2D eigenvalue weighted by Crippen LogP contribution is -2.41. The second kappa shape index (κ2) is 9.07. The van der Waals surface area contributed by atoms with Crippen molar-refractivity contribution in [3.8, 4) is 28.3 Å². The van der Waals surface area contributed by atoms with Crippen LogP contribution in [0.25, 0.3) is 22.4 Å². The fourth-order valence-electron chi connectivity index (χ4n) is 3.71. The SMILES string of the molecule is COc1cc(-c2cccc(-c3nc(NC4CCN(C(C)=O)CC4)ncc3F)c2)ccn1. The van der Waals surface area contributed by atoms with Gasteiger partial charge in [0.1, 0.15) is 5.69 Å². The Morgan fingerprint density at radius 3 is 2.61 bits per heavy atom. The van der Waals surface area contributed by atoms with Crippen LogP contribution in [0.1, 0.15) is 19.8 Å². The van der Waals surface area contributed by atoms with Crippen LogP contribution in [0.3, 0.4) is 0 Å². The van der Waals surface area contributed by atoms with Crippen molar-refractivity contribution in [2.45, 2.75) is 25.8 Å². The van der Waals surface area contributed by atoms with E-state index in [1.807, 2.05) is 41.3 Å². The zero-order valence-electron chi connectivity index (χ0n) is 17.5. The molecule has 1 aliphatic heterocycles. The van der Waals surface area contributed by atoms with Gasteiger partial charge in [-0.15, -0.1) is 0 Å². The second-order valence-electron chi connectivity index (χ2n) is 7.48. The molecule has 0 aliphatic carbocycles. The monoisotopic (exact) mass is 421 g/mol. The molecule has 1 aliphatic rings. The third-order valence-electron chi connectivity index (χ3n) is 5.43. The van der Waals surface area contributed by atoms with Crippen LogP contribution >= 0.6 is 0 Å². The highest BCUT2D eigenvalue weighted by atomic mass is 19.1. The van der Waals surface area contributed by atoms with E-state index in [4.69, 9.17) is 4.74 Å². The van der Waals surface area contributed by atoms with Gasteiger partial charge in [0.25, 0.3) is 0 Å². The summed E-state index contributed by atoms with van der Waals surface area (Å²) in [7, 11) is 1.57. The number of carbonyl (C=O) groups is 1. The Balaban J connectivity index is 1.55. The number of piperidine rings is 1. The van der Waals surface area contributed by atoms with Crippen LogP contribution in [-0.4, -0.2) is 52.0 Å². The molecule has 1 N–H and O–H groups in total. The molecule has 1 fully saturated rings. The number of carbonyl (C=O) groups excluding carboxylic acids is 1. The molecule has 31 heavy (non-hydrogen) atoms. The Kier molecular flexibility index (Phi) is 6.06. The van der Waals surface area contributed by atoms with E-state index in [-0.39, 0.29) is 17.6 Å². The van der Waals surface area contributed by atoms with E-state index in [1.165, 1.54) is 6.20 Å². The van der Waals surface area contributed by atoms with Crippen LogP contribution < -0.4 is 10.1 Å². The van der Waals surface area contributed by atoms with Crippen molar-refractivity contribution in [3.05, 3.63) is 54.6 Å². The molecule has 4 rings (SSSR count). The molecule has 1 saturated heterocycles. The van der Waals surface area contributed by atoms with Gasteiger partial charge >= 0.3 is 0 Å². The molecular weight excluding hydrogens is 397 g/mol. The summed E-state index contributed by atoms with van der Waals surface area (Å²) in [6, 6.07) is 11.4. The Morgan fingerprint density at radius 1 is 1.13 bits per heavy atom. The number of likely N-dealkylation sites (tertiary alicyclic amines) is 1. The number of nitrogens with one attached hydrogen (secondary N) is 1. The predicted octanol–water partition coefficient (Wildman–Crippen LogP) is 3.78. The van der Waals surface area contributed by atoms with Crippen molar-refractivity contribution in [2.75, 3.05) is 25.5 Å². The quantitative estimate of drug-likeness (QED) is 0.675. The molecule has 0 spiro atoms. The van der Waals surface area contributed by atoms with Crippen LogP contribution in [0.15, 0.2) is 48.8 Å². The highest BCUT2D eigenvalue weighted by molar-refractivity contribution is 5.73. The van der Waals surface area contributed by atoms with Gasteiger partial charge in [0.15, 0.2) is 5.82 Å². The van der Waals surface area contributed by atoms with E-state index < -0.39 is 5.82 Å². The fraction of sp³-hybridized carbons (Fsp3) is 0.304. The predicted molar refractivity (Wildman–Crippen MR) is 116 cm³/mol. The number of benzene rings is 1. The molecule has 3 heterocycles. The molecule has 160 valence electrons. The molecule has 0 bridgehead atoms. The average Bonchev–Trinajstić information content (AvgIpc) is 2.81. The molecule has 0 unspecified atom stereocenters. The maximum atomic E-state index is 14.6. The summed E-state index contributed by atoms with van der Waals surface area (Å²) < 4.78 is 19.8. The molecule has 0 radical (unpaired) electrons. The number of hydrogen-bond acceptors (Lipinski definition) is 6. The Labute approximate surface area is 180 Å². The molecule has 8 heteroatoms. The summed E-state index contributed by atoms with van der Waals surface area (Å²) in [5.74, 6) is 0.499. The smallest absolute Gasteiger partial charge is 0.223 e. The van der Waals surface area contributed by atoms with Crippen molar-refractivity contribution in [2.24, 2.45) is 0 Å². The number of hydrogen-bond donors (Lipinski definition) is 1. The van der Waals surface area contributed by atoms with Gasteiger partial charge in [-0.1, -0.05) is 18.2 Å². The number of nitrogens with zero attached hydrogens (tertiary/aromatic N) is 4. The van der Waals surface area contributed by atoms with Crippen LogP contribution in [0.4, 0.5) is 10.3 Å². The normalized spacial score (nSPS) is 14.4. The summed E-state index contributed by atoms with van der Waals surface area (Å²) in [5.41, 5.74) is 2.71. The zero-order chi connectivity index (χ0) is 21.8. The van der Waals surface area contributed by atoms with Gasteiger partial charge in [-0.3, -0.25) is 4.79 Å². The number of amides is 1. The Morgan fingerprint density at radius 2 is 1.87 bits per heavy atom. The molecule has 2 aromatic heterocycles. The summed E-state index contributed by atoms with van der Waals surface area (Å²) >= 11 is 0. The topological polar surface area (TPSA) is 80.2 Å². The molecular formula is C23H24FN5O2. The third kappa shape index (κ3) is 4.79. The second-order valence-corrected chi connectivity index (χ2v) is 7.48. The highest BCUT2D eigenvalue weighted by Crippen LogP contribution is 2.28. The van der Waals surface area contributed by atoms with Gasteiger partial charge in [0, 0.05) is 43.9 Å². The number of rotatable bonds is 5. The van der Waals surface area contributed by atoms with Gasteiger partial charge in [-0.05, 0) is 36.1 Å². The Hall–Kier alpha value is -3.55. The third-order valence-corrected chi connectivity index (χ3v) is 5.43. The fourth-order valence-corrected chi connectivity index (χ4v) is 3.71. The lowest BCUT2D eigenvalue weighted by atomic mass is 10.0. The molecule has 1 amide bonds. The van der Waals surface area contributed by atoms with Crippen LogP contribution in [0, 0.1) is 5.82 Å². The van der Waals surface area contributed by atoms with Crippen LogP contribution in [0.2, 0.25) is 0 Å². The maximum Gasteiger partial charge on any atom is 0.223 e. The van der Waals surface area contributed by atoms with E-state index in [1.54, 1.807) is 20.2 Å². The summed E-state index contributed by atoms with van der Waals surface area (Å²) in [6.45, 7) is 2.97. The van der Waals surface area contributed by atoms with Gasteiger partial charge in [0.05, 0.1) is 13.3 Å². The number of pyridine rings is 1. The van der Waals surface area contributed by atoms with E-state index in [0.717, 1.165) is 24.0 Å². The van der Waals surface area contributed by atoms with Crippen molar-refractivity contribution in [1.29, 1.82) is 0 Å². The Bertz CT molecular complexity index is 1080. The maximum absolute atomic E-state index is 14.6. The summed E-state index contributed by atoms with van der Waals surface area (Å²) in [6.07, 6.45) is 4.47. The molecule has 0 atom stereocenters. The number of ether oxygens (including phenoxy) is 1. The summed E-state index contributed by atoms with van der Waals surface area (Å²) in [4.78, 5) is 26.0. The largest absolute Gasteiger partial charge is 0.481 e. The number of methoxy groups -OCH3 is 1. The highest BCUT2D eigenvalue weighted by Gasteiger charge is 2.21. The van der Waals surface area contributed by atoms with Crippen molar-refractivity contribution >= 4 is 11.9 Å². The number of halogens is 1. The van der Waals surface area contributed by atoms with Crippen LogP contribution in [-0.2, 0) is 4.79 Å². The minimum Gasteiger partial charge on any atom is -0.481 e. The standard InChI is InChI=1S/C23H24FN5O2/c1-15(30)29-10-7-19(8-11-29)27-23-26-14-20(24)22(28-23)18-5-3-4-16(12-18)17-6-9-25-21(13-17)31-2/h3-6,9,12-14,19H,7-8,10-11H2,1-2H3,(H,26,27,28). The molecule has 1 aromatic carbocycles. The molecule has 0 saturated carbocycles. The minimum absolute atomic E-state index is 0.0884. The molecule has 3 aromatic rings. The van der Waals surface area contributed by atoms with Crippen molar-refractivity contribution in [3.63, 3.8) is 0 Å². The first-order chi connectivity index (χ1) is 15.0. The first kappa shape index (κ1) is 20.7. The average molecular weight is 421 g/mol. The van der Waals surface area contributed by atoms with E-state index in [2.05, 4.69) is 20.3 Å². The lowest BCUT2D eigenvalue weighted by molar-refractivity contribution is -0.129. The van der Waals surface area contributed by atoms with Gasteiger partial charge in [-0.25, -0.2) is 19.3 Å². The molecule has 7 nitrogen and oxygen atoms in total. The lowest BCUT2D eigenvalue weighted by Gasteiger charge is -2.31. The first-order valence-electron chi connectivity index (χ1n) is 10.2. The van der Waals surface area contributed by atoms with Crippen molar-refractivity contribution < 1.29 is 13.9 Å².